The molecule has 5 nitrogen and oxygen atoms in total. The predicted octanol–water partition coefficient (Wildman–Crippen LogP) is 2.69. The molecule has 0 bridgehead atoms. The van der Waals surface area contributed by atoms with E-state index < -0.39 is 0 Å². The first-order valence-corrected chi connectivity index (χ1v) is 10.3. The molecule has 0 unspecified atom stereocenters. The third kappa shape index (κ3) is 3.98. The highest BCUT2D eigenvalue weighted by Gasteiger charge is 2.41. The molecule has 0 aliphatic carbocycles. The van der Waals surface area contributed by atoms with Crippen molar-refractivity contribution in [2.24, 2.45) is 0 Å². The number of hydrogen-bond donors (Lipinski definition) is 0. The van der Waals surface area contributed by atoms with Crippen LogP contribution in [0.1, 0.15) is 28.9 Å². The Morgan fingerprint density at radius 3 is 2.73 bits per heavy atom. The lowest BCUT2D eigenvalue weighted by atomic mass is 9.89. The van der Waals surface area contributed by atoms with Gasteiger partial charge in [0.1, 0.15) is 5.69 Å². The maximum atomic E-state index is 12.6. The lowest BCUT2D eigenvalue weighted by molar-refractivity contribution is -0.127. The van der Waals surface area contributed by atoms with E-state index in [1.807, 2.05) is 10.3 Å². The third-order valence-electron chi connectivity index (χ3n) is 5.51. The molecular formula is C20H25N3O2S. The number of thiazole rings is 1. The van der Waals surface area contributed by atoms with Gasteiger partial charge in [-0.3, -0.25) is 4.79 Å². The number of hydrogen-bond acceptors (Lipinski definition) is 5. The van der Waals surface area contributed by atoms with E-state index in [0.29, 0.717) is 25.4 Å². The smallest absolute Gasteiger partial charge is 0.273 e. The van der Waals surface area contributed by atoms with Gasteiger partial charge >= 0.3 is 0 Å². The standard InChI is InChI=1S/C20H25N3O2S/c24-19(18-14-26-16-21-18)23-12-13-25-20(15-23)7-10-22(11-8-20)9-6-17-4-2-1-3-5-17/h1-5,14,16H,6-13,15H2. The molecule has 6 heteroatoms. The number of likely N-dealkylation sites (tertiary alicyclic amines) is 1. The number of ether oxygens (including phenoxy) is 1. The molecule has 0 N–H and O–H groups in total. The summed E-state index contributed by atoms with van der Waals surface area (Å²) in [6.45, 7) is 5.13. The zero-order valence-electron chi connectivity index (χ0n) is 15.0. The maximum absolute atomic E-state index is 12.6. The minimum absolute atomic E-state index is 0.0421. The van der Waals surface area contributed by atoms with Crippen LogP contribution in [-0.4, -0.2) is 65.6 Å². The largest absolute Gasteiger partial charge is 0.371 e. The summed E-state index contributed by atoms with van der Waals surface area (Å²) in [6.07, 6.45) is 3.06. The maximum Gasteiger partial charge on any atom is 0.273 e. The Labute approximate surface area is 158 Å². The molecule has 3 heterocycles. The first-order chi connectivity index (χ1) is 12.7. The van der Waals surface area contributed by atoms with Gasteiger partial charge in [0, 0.05) is 31.6 Å². The summed E-state index contributed by atoms with van der Waals surface area (Å²) in [4.78, 5) is 21.2. The van der Waals surface area contributed by atoms with Gasteiger partial charge in [-0.15, -0.1) is 11.3 Å². The highest BCUT2D eigenvalue weighted by molar-refractivity contribution is 7.07. The van der Waals surface area contributed by atoms with Gasteiger partial charge in [-0.1, -0.05) is 30.3 Å². The summed E-state index contributed by atoms with van der Waals surface area (Å²) in [6, 6.07) is 10.6. The molecule has 4 rings (SSSR count). The van der Waals surface area contributed by atoms with E-state index in [0.717, 1.165) is 38.9 Å². The predicted molar refractivity (Wildman–Crippen MR) is 103 cm³/mol. The summed E-state index contributed by atoms with van der Waals surface area (Å²) < 4.78 is 6.18. The van der Waals surface area contributed by atoms with Crippen LogP contribution in [-0.2, 0) is 11.2 Å². The van der Waals surface area contributed by atoms with E-state index >= 15 is 0 Å². The van der Waals surface area contributed by atoms with Gasteiger partial charge in [0.05, 0.1) is 24.3 Å². The molecule has 26 heavy (non-hydrogen) atoms. The number of amides is 1. The van der Waals surface area contributed by atoms with Gasteiger partial charge in [-0.25, -0.2) is 4.98 Å². The molecule has 138 valence electrons. The monoisotopic (exact) mass is 371 g/mol. The number of carbonyl (C=O) groups excluding carboxylic acids is 1. The van der Waals surface area contributed by atoms with Gasteiger partial charge < -0.3 is 14.5 Å². The first kappa shape index (κ1) is 17.6. The molecule has 2 aromatic rings. The second-order valence-corrected chi connectivity index (χ2v) is 7.93. The van der Waals surface area contributed by atoms with E-state index in [4.69, 9.17) is 4.74 Å². The Morgan fingerprint density at radius 2 is 2.00 bits per heavy atom. The van der Waals surface area contributed by atoms with Crippen molar-refractivity contribution in [3.8, 4) is 0 Å². The first-order valence-electron chi connectivity index (χ1n) is 9.32. The molecule has 1 amide bonds. The van der Waals surface area contributed by atoms with E-state index in [-0.39, 0.29) is 11.5 Å². The van der Waals surface area contributed by atoms with Crippen LogP contribution in [0.3, 0.4) is 0 Å². The SMILES string of the molecule is O=C(c1cscn1)N1CCOC2(CCN(CCc3ccccc3)CC2)C1. The number of rotatable bonds is 4. The quantitative estimate of drug-likeness (QED) is 0.829. The summed E-state index contributed by atoms with van der Waals surface area (Å²) >= 11 is 1.47. The lowest BCUT2D eigenvalue weighted by Crippen LogP contribution is -2.58. The number of morpholine rings is 1. The normalized spacial score (nSPS) is 20.4. The zero-order chi connectivity index (χ0) is 17.8. The molecule has 2 saturated heterocycles. The molecule has 0 radical (unpaired) electrons. The lowest BCUT2D eigenvalue weighted by Gasteiger charge is -2.47. The van der Waals surface area contributed by atoms with Crippen LogP contribution in [0.5, 0.6) is 0 Å². The molecule has 1 aromatic carbocycles. The van der Waals surface area contributed by atoms with Crippen molar-refractivity contribution < 1.29 is 9.53 Å². The van der Waals surface area contributed by atoms with Gasteiger partial charge in [-0.2, -0.15) is 0 Å². The van der Waals surface area contributed by atoms with Crippen molar-refractivity contribution in [2.75, 3.05) is 39.3 Å². The number of piperidine rings is 1. The van der Waals surface area contributed by atoms with Crippen molar-refractivity contribution in [3.05, 3.63) is 52.5 Å². The van der Waals surface area contributed by atoms with Crippen LogP contribution in [0.15, 0.2) is 41.2 Å². The van der Waals surface area contributed by atoms with Gasteiger partial charge in [0.15, 0.2) is 0 Å². The number of aromatic nitrogens is 1. The van der Waals surface area contributed by atoms with Crippen LogP contribution in [0.2, 0.25) is 0 Å². The van der Waals surface area contributed by atoms with Crippen LogP contribution < -0.4 is 0 Å². The van der Waals surface area contributed by atoms with Crippen molar-refractivity contribution in [1.82, 2.24) is 14.8 Å². The van der Waals surface area contributed by atoms with E-state index in [1.165, 1.54) is 16.9 Å². The Morgan fingerprint density at radius 1 is 1.19 bits per heavy atom. The van der Waals surface area contributed by atoms with E-state index in [2.05, 4.69) is 40.2 Å². The van der Waals surface area contributed by atoms with Crippen LogP contribution >= 0.6 is 11.3 Å². The Balaban J connectivity index is 1.30. The van der Waals surface area contributed by atoms with Crippen molar-refractivity contribution >= 4 is 17.2 Å². The van der Waals surface area contributed by atoms with Crippen LogP contribution in [0, 0.1) is 0 Å². The molecule has 2 fully saturated rings. The fraction of sp³-hybridized carbons (Fsp3) is 0.500. The third-order valence-corrected chi connectivity index (χ3v) is 6.10. The number of benzene rings is 1. The van der Waals surface area contributed by atoms with Crippen molar-refractivity contribution in [3.63, 3.8) is 0 Å². The molecule has 1 aromatic heterocycles. The van der Waals surface area contributed by atoms with Crippen molar-refractivity contribution in [1.29, 1.82) is 0 Å². The fourth-order valence-electron chi connectivity index (χ4n) is 3.92. The van der Waals surface area contributed by atoms with Crippen molar-refractivity contribution in [2.45, 2.75) is 24.9 Å². The van der Waals surface area contributed by atoms with Crippen LogP contribution in [0.4, 0.5) is 0 Å². The fourth-order valence-corrected chi connectivity index (χ4v) is 4.44. The second kappa shape index (κ2) is 7.86. The zero-order valence-corrected chi connectivity index (χ0v) is 15.8. The second-order valence-electron chi connectivity index (χ2n) is 7.21. The Bertz CT molecular complexity index is 712. The molecule has 1 spiro atoms. The minimum Gasteiger partial charge on any atom is -0.371 e. The molecule has 2 aliphatic heterocycles. The summed E-state index contributed by atoms with van der Waals surface area (Å²) in [5, 5.41) is 1.83. The average Bonchev–Trinajstić information content (AvgIpc) is 3.23. The average molecular weight is 372 g/mol. The number of nitrogens with zero attached hydrogens (tertiary/aromatic N) is 3. The van der Waals surface area contributed by atoms with Gasteiger partial charge in [0.25, 0.3) is 5.91 Å². The topological polar surface area (TPSA) is 45.7 Å². The summed E-state index contributed by atoms with van der Waals surface area (Å²) in [7, 11) is 0. The Kier molecular flexibility index (Phi) is 5.33. The molecular weight excluding hydrogens is 346 g/mol. The molecule has 0 saturated carbocycles. The number of carbonyl (C=O) groups is 1. The highest BCUT2D eigenvalue weighted by atomic mass is 32.1. The van der Waals surface area contributed by atoms with Crippen LogP contribution in [0.25, 0.3) is 0 Å². The molecule has 0 atom stereocenters. The van der Waals surface area contributed by atoms with Gasteiger partial charge in [-0.05, 0) is 24.8 Å². The van der Waals surface area contributed by atoms with E-state index in [1.54, 1.807) is 5.51 Å². The summed E-state index contributed by atoms with van der Waals surface area (Å²) in [5.74, 6) is 0.0421. The highest BCUT2D eigenvalue weighted by Crippen LogP contribution is 2.30. The summed E-state index contributed by atoms with van der Waals surface area (Å²) in [5.41, 5.74) is 3.50. The Hall–Kier alpha value is -1.76. The van der Waals surface area contributed by atoms with E-state index in [9.17, 15) is 4.79 Å². The molecule has 2 aliphatic rings. The minimum atomic E-state index is -0.173. The van der Waals surface area contributed by atoms with Gasteiger partial charge in [0.2, 0.25) is 0 Å².